The molecule has 9 nitrogen and oxygen atoms in total. The van der Waals surface area contributed by atoms with Crippen LogP contribution in [0.4, 0.5) is 11.5 Å². The summed E-state index contributed by atoms with van der Waals surface area (Å²) in [6.45, 7) is 2.41. The number of imidazole rings is 1. The van der Waals surface area contributed by atoms with E-state index >= 15 is 0 Å². The number of nitrogens with zero attached hydrogens (tertiary/aromatic N) is 3. The van der Waals surface area contributed by atoms with Gasteiger partial charge in [-0.1, -0.05) is 17.7 Å². The normalized spacial score (nSPS) is 13.2. The maximum atomic E-state index is 12.5. The lowest BCUT2D eigenvalue weighted by atomic mass is 10.1. The summed E-state index contributed by atoms with van der Waals surface area (Å²) in [5, 5.41) is 9.35. The average Bonchev–Trinajstić information content (AvgIpc) is 3.49. The number of fused-ring (bicyclic) bond motifs is 3. The molecule has 1 aliphatic carbocycles. The number of nitrogens with two attached hydrogens (primary N) is 1. The highest BCUT2D eigenvalue weighted by atomic mass is 35.5. The summed E-state index contributed by atoms with van der Waals surface area (Å²) in [6.07, 6.45) is 3.77. The van der Waals surface area contributed by atoms with Gasteiger partial charge >= 0.3 is 0 Å². The van der Waals surface area contributed by atoms with Gasteiger partial charge in [0.1, 0.15) is 0 Å². The Kier molecular flexibility index (Phi) is 5.70. The number of carbonyl (C=O) groups is 2. The number of hydrogen-bond donors (Lipinski definition) is 4. The van der Waals surface area contributed by atoms with E-state index in [2.05, 4.69) is 20.9 Å². The number of hydrogen-bond acceptors (Lipinski definition) is 6. The Morgan fingerprint density at radius 2 is 2.00 bits per heavy atom. The second-order valence-electron chi connectivity index (χ2n) is 8.36. The number of carbonyl (C=O) groups excluding carboxylic acids is 2. The fraction of sp³-hybridized carbons (Fsp3) is 0.250. The molecule has 1 fully saturated rings. The van der Waals surface area contributed by atoms with Crippen molar-refractivity contribution in [3.8, 4) is 11.3 Å². The number of aromatic nitrogens is 3. The highest BCUT2D eigenvalue weighted by molar-refractivity contribution is 6.34. The standard InChI is InChI=1S/C24H24ClN7O2/c1-13(33)27-8-9-28-22-23-29-12-21(32(23)20-7-3-15(26)11-19(20)31-22)14-2-6-17(18(25)10-14)24(34)30-16-4-5-16/h2-3,6-7,10-12,16H,4-5,8-9,26H2,1H3,(H,27,33)(H,28,31)(H,30,34). The third-order valence-electron chi connectivity index (χ3n) is 5.66. The van der Waals surface area contributed by atoms with Crippen LogP contribution in [0.2, 0.25) is 5.02 Å². The first-order valence-corrected chi connectivity index (χ1v) is 11.4. The smallest absolute Gasteiger partial charge is 0.253 e. The zero-order valence-corrected chi connectivity index (χ0v) is 19.3. The van der Waals surface area contributed by atoms with Gasteiger partial charge < -0.3 is 21.7 Å². The molecule has 4 aromatic rings. The summed E-state index contributed by atoms with van der Waals surface area (Å²) in [7, 11) is 0. The van der Waals surface area contributed by atoms with Crippen molar-refractivity contribution in [2.75, 3.05) is 24.1 Å². The Balaban J connectivity index is 1.56. The number of rotatable bonds is 7. The van der Waals surface area contributed by atoms with Crippen LogP contribution < -0.4 is 21.7 Å². The number of benzene rings is 2. The SMILES string of the molecule is CC(=O)NCCNc1nc2cc(N)ccc2n2c(-c3ccc(C(=O)NC4CC4)c(Cl)c3)cnc12. The predicted octanol–water partition coefficient (Wildman–Crippen LogP) is 3.23. The molecule has 2 amide bonds. The van der Waals surface area contributed by atoms with Crippen molar-refractivity contribution in [2.45, 2.75) is 25.8 Å². The highest BCUT2D eigenvalue weighted by Crippen LogP contribution is 2.31. The van der Waals surface area contributed by atoms with Crippen molar-refractivity contribution in [3.63, 3.8) is 0 Å². The molecule has 0 saturated heterocycles. The van der Waals surface area contributed by atoms with Crippen LogP contribution in [-0.2, 0) is 4.79 Å². The molecule has 2 aromatic heterocycles. The van der Waals surface area contributed by atoms with Gasteiger partial charge in [-0.25, -0.2) is 9.97 Å². The Hall–Kier alpha value is -3.85. The Morgan fingerprint density at radius 3 is 2.74 bits per heavy atom. The molecule has 0 atom stereocenters. The molecule has 2 heterocycles. The lowest BCUT2D eigenvalue weighted by Crippen LogP contribution is -2.26. The first kappa shape index (κ1) is 22.0. The monoisotopic (exact) mass is 477 g/mol. The highest BCUT2D eigenvalue weighted by Gasteiger charge is 2.25. The van der Waals surface area contributed by atoms with Gasteiger partial charge in [0.15, 0.2) is 11.5 Å². The van der Waals surface area contributed by atoms with Gasteiger partial charge in [0.25, 0.3) is 5.91 Å². The number of nitrogen functional groups attached to an aromatic ring is 1. The van der Waals surface area contributed by atoms with Gasteiger partial charge in [0.2, 0.25) is 5.91 Å². The zero-order chi connectivity index (χ0) is 23.8. The van der Waals surface area contributed by atoms with Crippen LogP contribution in [0.1, 0.15) is 30.1 Å². The molecule has 10 heteroatoms. The van der Waals surface area contributed by atoms with Gasteiger partial charge in [-0.15, -0.1) is 0 Å². The van der Waals surface area contributed by atoms with E-state index in [4.69, 9.17) is 22.3 Å². The summed E-state index contributed by atoms with van der Waals surface area (Å²) in [4.78, 5) is 33.0. The van der Waals surface area contributed by atoms with E-state index < -0.39 is 0 Å². The van der Waals surface area contributed by atoms with Gasteiger partial charge in [-0.2, -0.15) is 0 Å². The third kappa shape index (κ3) is 4.34. The average molecular weight is 478 g/mol. The molecule has 2 aromatic carbocycles. The molecule has 5 rings (SSSR count). The van der Waals surface area contributed by atoms with Gasteiger partial charge in [0, 0.05) is 37.3 Å². The topological polar surface area (TPSA) is 126 Å². The second-order valence-corrected chi connectivity index (χ2v) is 8.77. The maximum Gasteiger partial charge on any atom is 0.253 e. The fourth-order valence-electron chi connectivity index (χ4n) is 3.84. The van der Waals surface area contributed by atoms with Crippen molar-refractivity contribution in [1.29, 1.82) is 0 Å². The van der Waals surface area contributed by atoms with E-state index in [-0.39, 0.29) is 17.9 Å². The number of anilines is 2. The molecule has 1 saturated carbocycles. The van der Waals surface area contributed by atoms with Crippen LogP contribution in [0.25, 0.3) is 27.9 Å². The molecule has 34 heavy (non-hydrogen) atoms. The predicted molar refractivity (Wildman–Crippen MR) is 133 cm³/mol. The van der Waals surface area contributed by atoms with Gasteiger partial charge in [-0.05, 0) is 43.2 Å². The van der Waals surface area contributed by atoms with E-state index in [1.807, 2.05) is 22.6 Å². The van der Waals surface area contributed by atoms with Crippen molar-refractivity contribution in [1.82, 2.24) is 25.0 Å². The summed E-state index contributed by atoms with van der Waals surface area (Å²) in [5.41, 5.74) is 10.8. The Bertz CT molecular complexity index is 1430. The third-order valence-corrected chi connectivity index (χ3v) is 5.97. The molecule has 0 radical (unpaired) electrons. The van der Waals surface area contributed by atoms with Crippen molar-refractivity contribution >= 4 is 51.6 Å². The summed E-state index contributed by atoms with van der Waals surface area (Å²) >= 11 is 6.51. The number of amides is 2. The first-order chi connectivity index (χ1) is 16.4. The lowest BCUT2D eigenvalue weighted by Gasteiger charge is -2.13. The number of nitrogens with one attached hydrogen (secondary N) is 3. The van der Waals surface area contributed by atoms with E-state index in [9.17, 15) is 9.59 Å². The molecule has 0 spiro atoms. The summed E-state index contributed by atoms with van der Waals surface area (Å²) in [6, 6.07) is 11.2. The van der Waals surface area contributed by atoms with Crippen molar-refractivity contribution in [3.05, 3.63) is 53.2 Å². The minimum Gasteiger partial charge on any atom is -0.399 e. The Labute approximate surface area is 200 Å². The summed E-state index contributed by atoms with van der Waals surface area (Å²) < 4.78 is 1.98. The van der Waals surface area contributed by atoms with Crippen LogP contribution in [0, 0.1) is 0 Å². The van der Waals surface area contributed by atoms with Crippen molar-refractivity contribution < 1.29 is 9.59 Å². The quantitative estimate of drug-likeness (QED) is 0.239. The molecular formula is C24H24ClN7O2. The van der Waals surface area contributed by atoms with Crippen LogP contribution >= 0.6 is 11.6 Å². The molecule has 0 unspecified atom stereocenters. The second kappa shape index (κ2) is 8.83. The molecule has 174 valence electrons. The van der Waals surface area contributed by atoms with Crippen LogP contribution in [-0.4, -0.2) is 45.3 Å². The molecule has 0 bridgehead atoms. The molecule has 5 N–H and O–H groups in total. The van der Waals surface area contributed by atoms with Gasteiger partial charge in [0.05, 0.1) is 33.5 Å². The lowest BCUT2D eigenvalue weighted by molar-refractivity contribution is -0.118. The van der Waals surface area contributed by atoms with E-state index in [0.717, 1.165) is 29.6 Å². The molecule has 0 aliphatic heterocycles. The minimum absolute atomic E-state index is 0.0968. The zero-order valence-electron chi connectivity index (χ0n) is 18.6. The largest absolute Gasteiger partial charge is 0.399 e. The van der Waals surface area contributed by atoms with E-state index in [1.54, 1.807) is 24.4 Å². The minimum atomic E-state index is -0.159. The number of halogens is 1. The van der Waals surface area contributed by atoms with Crippen molar-refractivity contribution in [2.24, 2.45) is 0 Å². The van der Waals surface area contributed by atoms with E-state index in [0.29, 0.717) is 46.3 Å². The first-order valence-electron chi connectivity index (χ1n) is 11.1. The summed E-state index contributed by atoms with van der Waals surface area (Å²) in [5.74, 6) is 0.314. The van der Waals surface area contributed by atoms with Crippen LogP contribution in [0.3, 0.4) is 0 Å². The Morgan fingerprint density at radius 1 is 1.18 bits per heavy atom. The van der Waals surface area contributed by atoms with Gasteiger partial charge in [-0.3, -0.25) is 14.0 Å². The van der Waals surface area contributed by atoms with Crippen LogP contribution in [0.15, 0.2) is 42.6 Å². The van der Waals surface area contributed by atoms with E-state index in [1.165, 1.54) is 6.92 Å². The van der Waals surface area contributed by atoms with Crippen LogP contribution in [0.5, 0.6) is 0 Å². The fourth-order valence-corrected chi connectivity index (χ4v) is 4.11. The maximum absolute atomic E-state index is 12.5. The molecule has 1 aliphatic rings. The molecular weight excluding hydrogens is 454 g/mol.